The van der Waals surface area contributed by atoms with Crippen LogP contribution in [0.2, 0.25) is 0 Å². The first-order valence-corrected chi connectivity index (χ1v) is 9.39. The third-order valence-electron chi connectivity index (χ3n) is 3.76. The summed E-state index contributed by atoms with van der Waals surface area (Å²) < 4.78 is 43.1. The first kappa shape index (κ1) is 19.9. The fourth-order valence-electron chi connectivity index (χ4n) is 2.38. The maximum absolute atomic E-state index is 13.6. The van der Waals surface area contributed by atoms with Crippen molar-refractivity contribution in [2.75, 3.05) is 24.3 Å². The molecule has 1 N–H and O–H groups in total. The predicted octanol–water partition coefficient (Wildman–Crippen LogP) is 3.40. The molecule has 0 saturated heterocycles. The molecule has 0 spiro atoms. The third-order valence-corrected chi connectivity index (χ3v) is 4.73. The van der Waals surface area contributed by atoms with Gasteiger partial charge in [-0.05, 0) is 37.3 Å². The van der Waals surface area contributed by atoms with Gasteiger partial charge in [-0.3, -0.25) is 9.59 Å². The molecule has 3 rings (SSSR count). The fourth-order valence-corrected chi connectivity index (χ4v) is 3.09. The van der Waals surface area contributed by atoms with Crippen LogP contribution in [-0.2, 0) is 14.3 Å². The molecule has 1 aliphatic rings. The van der Waals surface area contributed by atoms with Crippen molar-refractivity contribution in [2.24, 2.45) is 0 Å². The van der Waals surface area contributed by atoms with Gasteiger partial charge in [-0.25, -0.2) is 8.78 Å². The SMILES string of the molecule is C[C@H](OC(=O)CSc1ccc2c(c1)OCCO2)C(=O)Nc1c(F)cccc1F. The van der Waals surface area contributed by atoms with Gasteiger partial charge in [0.25, 0.3) is 5.91 Å². The van der Waals surface area contributed by atoms with Gasteiger partial charge >= 0.3 is 5.97 Å². The van der Waals surface area contributed by atoms with E-state index in [2.05, 4.69) is 5.32 Å². The molecule has 0 aromatic heterocycles. The summed E-state index contributed by atoms with van der Waals surface area (Å²) in [5.41, 5.74) is -0.582. The average molecular weight is 409 g/mol. The minimum Gasteiger partial charge on any atom is -0.486 e. The Labute approximate surface area is 164 Å². The van der Waals surface area contributed by atoms with Crippen LogP contribution in [0.25, 0.3) is 0 Å². The molecule has 0 unspecified atom stereocenters. The van der Waals surface area contributed by atoms with Crippen LogP contribution in [0.5, 0.6) is 11.5 Å². The van der Waals surface area contributed by atoms with E-state index in [9.17, 15) is 18.4 Å². The zero-order valence-corrected chi connectivity index (χ0v) is 15.7. The highest BCUT2D eigenvalue weighted by molar-refractivity contribution is 8.00. The Hall–Kier alpha value is -2.81. The Kier molecular flexibility index (Phi) is 6.35. The second-order valence-electron chi connectivity index (χ2n) is 5.81. The van der Waals surface area contributed by atoms with Gasteiger partial charge in [-0.2, -0.15) is 0 Å². The molecule has 28 heavy (non-hydrogen) atoms. The molecule has 2 aromatic carbocycles. The van der Waals surface area contributed by atoms with Gasteiger partial charge in [0, 0.05) is 4.90 Å². The minimum absolute atomic E-state index is 0.0503. The molecule has 1 amide bonds. The predicted molar refractivity (Wildman–Crippen MR) is 98.7 cm³/mol. The number of benzene rings is 2. The number of amides is 1. The van der Waals surface area contributed by atoms with Crippen molar-refractivity contribution in [3.8, 4) is 11.5 Å². The van der Waals surface area contributed by atoms with Gasteiger partial charge in [0.15, 0.2) is 17.6 Å². The first-order valence-electron chi connectivity index (χ1n) is 8.41. The lowest BCUT2D eigenvalue weighted by Gasteiger charge is -2.18. The number of halogens is 2. The minimum atomic E-state index is -1.22. The zero-order chi connectivity index (χ0) is 20.1. The Bertz CT molecular complexity index is 872. The zero-order valence-electron chi connectivity index (χ0n) is 14.9. The Morgan fingerprint density at radius 1 is 1.14 bits per heavy atom. The van der Waals surface area contributed by atoms with Crippen LogP contribution in [0, 0.1) is 11.6 Å². The first-order chi connectivity index (χ1) is 13.4. The lowest BCUT2D eigenvalue weighted by molar-refractivity contribution is -0.150. The summed E-state index contributed by atoms with van der Waals surface area (Å²) in [7, 11) is 0. The number of rotatable bonds is 6. The second kappa shape index (κ2) is 8.92. The molecule has 0 bridgehead atoms. The smallest absolute Gasteiger partial charge is 0.317 e. The quantitative estimate of drug-likeness (QED) is 0.582. The van der Waals surface area contributed by atoms with E-state index in [1.54, 1.807) is 18.2 Å². The number of carbonyl (C=O) groups excluding carboxylic acids is 2. The normalized spacial score (nSPS) is 13.5. The lowest BCUT2D eigenvalue weighted by atomic mass is 10.2. The molecule has 0 saturated carbocycles. The number of esters is 1. The molecule has 2 aromatic rings. The van der Waals surface area contributed by atoms with Gasteiger partial charge in [-0.15, -0.1) is 11.8 Å². The highest BCUT2D eigenvalue weighted by atomic mass is 32.2. The van der Waals surface area contributed by atoms with Gasteiger partial charge in [0.1, 0.15) is 30.5 Å². The van der Waals surface area contributed by atoms with Crippen molar-refractivity contribution in [1.29, 1.82) is 0 Å². The number of carbonyl (C=O) groups is 2. The van der Waals surface area contributed by atoms with E-state index >= 15 is 0 Å². The highest BCUT2D eigenvalue weighted by Gasteiger charge is 2.21. The Morgan fingerprint density at radius 2 is 1.82 bits per heavy atom. The molecule has 1 aliphatic heterocycles. The van der Waals surface area contributed by atoms with E-state index < -0.39 is 35.3 Å². The summed E-state index contributed by atoms with van der Waals surface area (Å²) in [5, 5.41) is 2.09. The maximum Gasteiger partial charge on any atom is 0.317 e. The molecule has 9 heteroatoms. The summed E-state index contributed by atoms with van der Waals surface area (Å²) >= 11 is 1.20. The van der Waals surface area contributed by atoms with Gasteiger partial charge < -0.3 is 19.5 Å². The summed E-state index contributed by atoms with van der Waals surface area (Å²) in [6, 6.07) is 8.49. The lowest BCUT2D eigenvalue weighted by Crippen LogP contribution is -2.31. The molecule has 1 heterocycles. The van der Waals surface area contributed by atoms with Crippen molar-refractivity contribution < 1.29 is 32.6 Å². The average Bonchev–Trinajstić information content (AvgIpc) is 2.69. The maximum atomic E-state index is 13.6. The van der Waals surface area contributed by atoms with Crippen LogP contribution < -0.4 is 14.8 Å². The number of nitrogens with one attached hydrogen (secondary N) is 1. The summed E-state index contributed by atoms with van der Waals surface area (Å²) in [6.07, 6.45) is -1.22. The summed E-state index contributed by atoms with van der Waals surface area (Å²) in [5.74, 6) is -2.11. The van der Waals surface area contributed by atoms with Crippen LogP contribution in [0.15, 0.2) is 41.3 Å². The molecule has 0 radical (unpaired) electrons. The number of para-hydroxylation sites is 1. The van der Waals surface area contributed by atoms with Crippen LogP contribution in [0.3, 0.4) is 0 Å². The number of hydrogen-bond donors (Lipinski definition) is 1. The van der Waals surface area contributed by atoms with E-state index in [1.807, 2.05) is 0 Å². The van der Waals surface area contributed by atoms with E-state index in [0.29, 0.717) is 24.7 Å². The van der Waals surface area contributed by atoms with Gasteiger partial charge in [0.2, 0.25) is 0 Å². The van der Waals surface area contributed by atoms with Crippen molar-refractivity contribution in [2.45, 2.75) is 17.9 Å². The molecule has 6 nitrogen and oxygen atoms in total. The van der Waals surface area contributed by atoms with Crippen LogP contribution in [0.4, 0.5) is 14.5 Å². The highest BCUT2D eigenvalue weighted by Crippen LogP contribution is 2.34. The van der Waals surface area contributed by atoms with E-state index in [0.717, 1.165) is 17.0 Å². The molecular formula is C19H17F2NO5S. The van der Waals surface area contributed by atoms with Crippen molar-refractivity contribution in [1.82, 2.24) is 0 Å². The van der Waals surface area contributed by atoms with Crippen molar-refractivity contribution in [3.63, 3.8) is 0 Å². The van der Waals surface area contributed by atoms with E-state index in [4.69, 9.17) is 14.2 Å². The monoisotopic (exact) mass is 409 g/mol. The molecule has 0 aliphatic carbocycles. The van der Waals surface area contributed by atoms with Crippen molar-refractivity contribution >= 4 is 29.3 Å². The number of hydrogen-bond acceptors (Lipinski definition) is 6. The van der Waals surface area contributed by atoms with E-state index in [1.165, 1.54) is 24.8 Å². The molecule has 0 fully saturated rings. The summed E-state index contributed by atoms with van der Waals surface area (Å²) in [6.45, 7) is 2.27. The van der Waals surface area contributed by atoms with E-state index in [-0.39, 0.29) is 5.75 Å². The second-order valence-corrected chi connectivity index (χ2v) is 6.86. The van der Waals surface area contributed by atoms with Crippen LogP contribution in [-0.4, -0.2) is 36.9 Å². The topological polar surface area (TPSA) is 73.9 Å². The molecular weight excluding hydrogens is 392 g/mol. The Balaban J connectivity index is 1.51. The molecule has 1 atom stereocenters. The number of thioether (sulfide) groups is 1. The largest absolute Gasteiger partial charge is 0.486 e. The third kappa shape index (κ3) is 4.92. The number of anilines is 1. The number of ether oxygens (including phenoxy) is 3. The Morgan fingerprint density at radius 3 is 2.54 bits per heavy atom. The molecule has 148 valence electrons. The van der Waals surface area contributed by atoms with Gasteiger partial charge in [0.05, 0.1) is 5.75 Å². The van der Waals surface area contributed by atoms with Gasteiger partial charge in [-0.1, -0.05) is 6.07 Å². The summed E-state index contributed by atoms with van der Waals surface area (Å²) in [4.78, 5) is 24.8. The standard InChI is InChI=1S/C19H17F2NO5S/c1-11(19(24)22-18-13(20)3-2-4-14(18)21)27-17(23)10-28-12-5-6-15-16(9-12)26-8-7-25-15/h2-6,9,11H,7-8,10H2,1H3,(H,22,24)/t11-/m0/s1. The van der Waals surface area contributed by atoms with Crippen molar-refractivity contribution in [3.05, 3.63) is 48.0 Å². The van der Waals surface area contributed by atoms with Crippen LogP contribution >= 0.6 is 11.8 Å². The fraction of sp³-hybridized carbons (Fsp3) is 0.263. The number of fused-ring (bicyclic) bond motifs is 1. The van der Waals surface area contributed by atoms with Crippen LogP contribution in [0.1, 0.15) is 6.92 Å².